The molecule has 2 fully saturated rings. The number of alkyl halides is 2. The molecular formula is C25H33F2N5O3S. The lowest BCUT2D eigenvalue weighted by atomic mass is 10.1. The highest BCUT2D eigenvalue weighted by Gasteiger charge is 2.46. The number of nitrogens with one attached hydrogen (secondary N) is 2. The Morgan fingerprint density at radius 2 is 2.06 bits per heavy atom. The van der Waals surface area contributed by atoms with Crippen molar-refractivity contribution in [2.24, 2.45) is 0 Å². The van der Waals surface area contributed by atoms with Crippen LogP contribution >= 0.6 is 11.3 Å². The zero-order valence-electron chi connectivity index (χ0n) is 21.1. The molecule has 196 valence electrons. The summed E-state index contributed by atoms with van der Waals surface area (Å²) in [5, 5.41) is 6.41. The summed E-state index contributed by atoms with van der Waals surface area (Å²) in [4.78, 5) is 37.0. The molecule has 0 bridgehead atoms. The van der Waals surface area contributed by atoms with E-state index in [1.165, 1.54) is 0 Å². The largest absolute Gasteiger partial charge is 0.381 e. The second kappa shape index (κ2) is 10.8. The number of anilines is 1. The van der Waals surface area contributed by atoms with Crippen LogP contribution in [0.15, 0.2) is 12.3 Å². The van der Waals surface area contributed by atoms with Gasteiger partial charge in [-0.05, 0) is 51.7 Å². The van der Waals surface area contributed by atoms with Gasteiger partial charge in [0.2, 0.25) is 0 Å². The van der Waals surface area contributed by atoms with Crippen molar-refractivity contribution < 1.29 is 23.1 Å². The van der Waals surface area contributed by atoms with Gasteiger partial charge < -0.3 is 20.3 Å². The first-order valence-corrected chi connectivity index (χ1v) is 13.2. The Bertz CT molecular complexity index is 1120. The minimum Gasteiger partial charge on any atom is -0.381 e. The van der Waals surface area contributed by atoms with E-state index in [1.54, 1.807) is 13.1 Å². The second-order valence-corrected chi connectivity index (χ2v) is 10.7. The van der Waals surface area contributed by atoms with E-state index in [2.05, 4.69) is 34.4 Å². The minimum atomic E-state index is -2.95. The first-order valence-electron chi connectivity index (χ1n) is 12.4. The molecule has 2 saturated heterocycles. The average molecular weight is 522 g/mol. The summed E-state index contributed by atoms with van der Waals surface area (Å²) in [6, 6.07) is 1.44. The Balaban J connectivity index is 1.68. The summed E-state index contributed by atoms with van der Waals surface area (Å²) in [7, 11) is 0. The first kappa shape index (κ1) is 26.4. The SMILES string of the molecule is CC[C@@H](C)Nc1cc(C)c(-c2sc(C(=O)NC3CCOCC3)nc2C(=O)N2CC(F)(F)C[C@@H]2C)cn1. The van der Waals surface area contributed by atoms with E-state index in [4.69, 9.17) is 4.74 Å². The first-order chi connectivity index (χ1) is 17.1. The zero-order valence-corrected chi connectivity index (χ0v) is 21.9. The molecule has 36 heavy (non-hydrogen) atoms. The number of aromatic nitrogens is 2. The lowest BCUT2D eigenvalue weighted by Gasteiger charge is -2.22. The van der Waals surface area contributed by atoms with Crippen LogP contribution in [-0.4, -0.2) is 70.5 Å². The zero-order chi connectivity index (χ0) is 26.0. The number of pyridine rings is 1. The quantitative estimate of drug-likeness (QED) is 0.557. The van der Waals surface area contributed by atoms with E-state index in [9.17, 15) is 18.4 Å². The van der Waals surface area contributed by atoms with Crippen molar-refractivity contribution in [3.05, 3.63) is 28.5 Å². The van der Waals surface area contributed by atoms with Crippen LogP contribution in [0.5, 0.6) is 0 Å². The van der Waals surface area contributed by atoms with Crippen molar-refractivity contribution in [1.29, 1.82) is 0 Å². The van der Waals surface area contributed by atoms with Gasteiger partial charge in [0.15, 0.2) is 5.01 Å². The second-order valence-electron chi connectivity index (χ2n) is 9.74. The number of likely N-dealkylation sites (tertiary alicyclic amines) is 1. The van der Waals surface area contributed by atoms with Crippen LogP contribution in [-0.2, 0) is 4.74 Å². The molecule has 2 atom stereocenters. The normalized spacial score (nSPS) is 20.8. The number of rotatable bonds is 7. The van der Waals surface area contributed by atoms with E-state index < -0.39 is 30.8 Å². The maximum absolute atomic E-state index is 14.1. The molecule has 0 unspecified atom stereocenters. The fourth-order valence-corrected chi connectivity index (χ4v) is 5.52. The van der Waals surface area contributed by atoms with E-state index in [1.807, 2.05) is 13.0 Å². The summed E-state index contributed by atoms with van der Waals surface area (Å²) in [5.74, 6) is -3.23. The molecule has 0 saturated carbocycles. The summed E-state index contributed by atoms with van der Waals surface area (Å²) < 4.78 is 33.5. The molecule has 2 aliphatic heterocycles. The molecule has 0 aliphatic carbocycles. The van der Waals surface area contributed by atoms with E-state index in [-0.39, 0.29) is 28.7 Å². The van der Waals surface area contributed by atoms with Gasteiger partial charge in [-0.1, -0.05) is 6.92 Å². The van der Waals surface area contributed by atoms with Crippen molar-refractivity contribution in [2.45, 2.75) is 77.4 Å². The lowest BCUT2D eigenvalue weighted by Crippen LogP contribution is -2.39. The van der Waals surface area contributed by atoms with Gasteiger partial charge in [0.05, 0.1) is 11.4 Å². The van der Waals surface area contributed by atoms with Crippen molar-refractivity contribution in [3.63, 3.8) is 0 Å². The summed E-state index contributed by atoms with van der Waals surface area (Å²) >= 11 is 1.09. The third kappa shape index (κ3) is 5.83. The van der Waals surface area contributed by atoms with E-state index in [0.29, 0.717) is 42.3 Å². The van der Waals surface area contributed by atoms with Crippen LogP contribution in [0.1, 0.15) is 72.3 Å². The highest BCUT2D eigenvalue weighted by atomic mass is 32.1. The van der Waals surface area contributed by atoms with E-state index >= 15 is 0 Å². The third-order valence-corrected chi connectivity index (χ3v) is 7.82. The molecule has 11 heteroatoms. The molecule has 0 spiro atoms. The van der Waals surface area contributed by atoms with Crippen LogP contribution in [0.2, 0.25) is 0 Å². The van der Waals surface area contributed by atoms with Gasteiger partial charge in [-0.15, -0.1) is 11.3 Å². The highest BCUT2D eigenvalue weighted by Crippen LogP contribution is 2.37. The van der Waals surface area contributed by atoms with Gasteiger partial charge in [0, 0.05) is 49.5 Å². The summed E-state index contributed by atoms with van der Waals surface area (Å²) in [6.45, 7) is 8.10. The predicted molar refractivity (Wildman–Crippen MR) is 135 cm³/mol. The molecular weight excluding hydrogens is 488 g/mol. The Morgan fingerprint density at radius 1 is 1.33 bits per heavy atom. The lowest BCUT2D eigenvalue weighted by molar-refractivity contribution is 0.0118. The molecule has 0 aromatic carbocycles. The predicted octanol–water partition coefficient (Wildman–Crippen LogP) is 4.50. The number of thiazole rings is 1. The number of carbonyl (C=O) groups is 2. The standard InChI is InChI=1S/C25H33F2N5O3S/c1-5-15(3)29-19-10-14(2)18(12-28-19)21-20(24(34)32-13-25(26,27)11-16(32)4)31-23(36-21)22(33)30-17-6-8-35-9-7-17/h10,12,15-17H,5-9,11,13H2,1-4H3,(H,28,29)(H,30,33)/t15-,16+/m1/s1. The van der Waals surface area contributed by atoms with Crippen LogP contribution in [0.4, 0.5) is 14.6 Å². The Labute approximate surface area is 213 Å². The van der Waals surface area contributed by atoms with E-state index in [0.717, 1.165) is 28.2 Å². The van der Waals surface area contributed by atoms with Crippen molar-refractivity contribution >= 4 is 29.0 Å². The topological polar surface area (TPSA) is 96.4 Å². The number of hydrogen-bond donors (Lipinski definition) is 2. The van der Waals surface area contributed by atoms with Gasteiger partial charge >= 0.3 is 0 Å². The van der Waals surface area contributed by atoms with Crippen molar-refractivity contribution in [2.75, 3.05) is 25.1 Å². The molecule has 4 heterocycles. The van der Waals surface area contributed by atoms with Gasteiger partial charge in [0.1, 0.15) is 11.5 Å². The molecule has 2 aromatic rings. The van der Waals surface area contributed by atoms with Gasteiger partial charge in [-0.25, -0.2) is 18.7 Å². The Kier molecular flexibility index (Phi) is 7.89. The molecule has 2 amide bonds. The maximum atomic E-state index is 14.1. The summed E-state index contributed by atoms with van der Waals surface area (Å²) in [5.41, 5.74) is 1.49. The average Bonchev–Trinajstić information content (AvgIpc) is 3.39. The third-order valence-electron chi connectivity index (χ3n) is 6.73. The van der Waals surface area contributed by atoms with Gasteiger partial charge in [0.25, 0.3) is 17.7 Å². The van der Waals surface area contributed by atoms with Crippen LogP contribution in [0.3, 0.4) is 0 Å². The maximum Gasteiger partial charge on any atom is 0.280 e. The number of halogens is 2. The minimum absolute atomic E-state index is 0.00853. The van der Waals surface area contributed by atoms with Crippen LogP contribution in [0.25, 0.3) is 10.4 Å². The molecule has 4 rings (SSSR count). The fourth-order valence-electron chi connectivity index (χ4n) is 4.48. The number of amides is 2. The number of ether oxygens (including phenoxy) is 1. The number of carbonyl (C=O) groups excluding carboxylic acids is 2. The molecule has 2 N–H and O–H groups in total. The number of nitrogens with zero attached hydrogens (tertiary/aromatic N) is 3. The highest BCUT2D eigenvalue weighted by molar-refractivity contribution is 7.17. The van der Waals surface area contributed by atoms with Crippen molar-refractivity contribution in [1.82, 2.24) is 20.2 Å². The van der Waals surface area contributed by atoms with Crippen LogP contribution < -0.4 is 10.6 Å². The Hall–Kier alpha value is -2.66. The van der Waals surface area contributed by atoms with Gasteiger partial charge in [-0.2, -0.15) is 0 Å². The number of hydrogen-bond acceptors (Lipinski definition) is 7. The fraction of sp³-hybridized carbons (Fsp3) is 0.600. The monoisotopic (exact) mass is 521 g/mol. The smallest absolute Gasteiger partial charge is 0.280 e. The molecule has 2 aliphatic rings. The molecule has 8 nitrogen and oxygen atoms in total. The Morgan fingerprint density at radius 3 is 2.67 bits per heavy atom. The number of aryl methyl sites for hydroxylation is 1. The van der Waals surface area contributed by atoms with Crippen LogP contribution in [0, 0.1) is 6.92 Å². The molecule has 0 radical (unpaired) electrons. The van der Waals surface area contributed by atoms with Gasteiger partial charge in [-0.3, -0.25) is 9.59 Å². The molecule has 2 aromatic heterocycles. The van der Waals surface area contributed by atoms with Crippen molar-refractivity contribution in [3.8, 4) is 10.4 Å². The summed E-state index contributed by atoms with van der Waals surface area (Å²) in [6.07, 6.45) is 3.58.